The number of aromatic nitrogens is 2. The van der Waals surface area contributed by atoms with Crippen LogP contribution >= 0.6 is 0 Å². The van der Waals surface area contributed by atoms with Crippen LogP contribution in [0.1, 0.15) is 50.3 Å². The van der Waals surface area contributed by atoms with E-state index in [0.717, 1.165) is 23.3 Å². The number of hydrogen-bond donors (Lipinski definition) is 1. The van der Waals surface area contributed by atoms with E-state index in [1.165, 1.54) is 17.7 Å². The Balaban J connectivity index is 1.72. The Kier molecular flexibility index (Phi) is 7.37. The fourth-order valence-corrected chi connectivity index (χ4v) is 4.04. The summed E-state index contributed by atoms with van der Waals surface area (Å²) in [6.45, 7) is 7.64. The lowest BCUT2D eigenvalue weighted by Crippen LogP contribution is -2.46. The lowest BCUT2D eigenvalue weighted by atomic mass is 9.93. The van der Waals surface area contributed by atoms with Crippen molar-refractivity contribution in [2.45, 2.75) is 39.7 Å². The number of aryl methyl sites for hydroxylation is 1. The van der Waals surface area contributed by atoms with Crippen molar-refractivity contribution in [2.24, 2.45) is 0 Å². The molecule has 7 nitrogen and oxygen atoms in total. The highest BCUT2D eigenvalue weighted by molar-refractivity contribution is 5.86. The van der Waals surface area contributed by atoms with Crippen molar-refractivity contribution in [3.63, 3.8) is 0 Å². The first-order valence-corrected chi connectivity index (χ1v) is 11.6. The molecule has 8 heteroatoms. The van der Waals surface area contributed by atoms with Gasteiger partial charge in [0.1, 0.15) is 5.82 Å². The Morgan fingerprint density at radius 2 is 1.85 bits per heavy atom. The summed E-state index contributed by atoms with van der Waals surface area (Å²) in [6, 6.07) is 13.4. The minimum absolute atomic E-state index is 0.180. The van der Waals surface area contributed by atoms with E-state index < -0.39 is 6.04 Å². The summed E-state index contributed by atoms with van der Waals surface area (Å²) < 4.78 is 24.5. The van der Waals surface area contributed by atoms with Crippen molar-refractivity contribution in [2.75, 3.05) is 19.8 Å². The Morgan fingerprint density at radius 1 is 1.12 bits per heavy atom. The minimum Gasteiger partial charge on any atom is -0.382 e. The first-order valence-electron chi connectivity index (χ1n) is 11.6. The largest absolute Gasteiger partial charge is 0.382 e. The maximum atomic E-state index is 13.3. The van der Waals surface area contributed by atoms with Crippen LogP contribution in [0.15, 0.2) is 58.8 Å². The van der Waals surface area contributed by atoms with Crippen LogP contribution < -0.4 is 5.32 Å². The Labute approximate surface area is 198 Å². The highest BCUT2D eigenvalue weighted by atomic mass is 19.1. The molecule has 0 saturated carbocycles. The SMILES string of the molecule is CCOCCCN1C(=O)NC(c2ccc(CC)cc2)C(c2nc(-c3ccc(F)cc3)no2)=C1C. The Morgan fingerprint density at radius 3 is 2.53 bits per heavy atom. The summed E-state index contributed by atoms with van der Waals surface area (Å²) in [5.74, 6) is 0.339. The van der Waals surface area contributed by atoms with Gasteiger partial charge in [-0.1, -0.05) is 36.3 Å². The van der Waals surface area contributed by atoms with E-state index >= 15 is 0 Å². The number of hydrogen-bond acceptors (Lipinski definition) is 5. The lowest BCUT2D eigenvalue weighted by molar-refractivity contribution is 0.136. The molecule has 34 heavy (non-hydrogen) atoms. The Bertz CT molecular complexity index is 1160. The van der Waals surface area contributed by atoms with Crippen LogP contribution in [0, 0.1) is 5.82 Å². The van der Waals surface area contributed by atoms with Gasteiger partial charge in [-0.3, -0.25) is 4.90 Å². The van der Waals surface area contributed by atoms with Crippen LogP contribution in [0.25, 0.3) is 17.0 Å². The summed E-state index contributed by atoms with van der Waals surface area (Å²) in [4.78, 5) is 19.3. The quantitative estimate of drug-likeness (QED) is 0.431. The zero-order valence-electron chi connectivity index (χ0n) is 19.7. The number of urea groups is 1. The number of carbonyl (C=O) groups excluding carboxylic acids is 1. The standard InChI is InChI=1S/C26H29FN4O3/c1-4-18-7-9-19(10-8-18)23-22(17(3)31(26(32)28-23)15-6-16-33-5-2)25-29-24(30-34-25)20-11-13-21(27)14-12-20/h7-14,23H,4-6,15-16H2,1-3H3,(H,28,32). The molecule has 4 rings (SSSR count). The molecule has 1 unspecified atom stereocenters. The van der Waals surface area contributed by atoms with Gasteiger partial charge in [-0.2, -0.15) is 4.98 Å². The molecule has 0 bridgehead atoms. The predicted octanol–water partition coefficient (Wildman–Crippen LogP) is 5.36. The Hall–Kier alpha value is -3.52. The number of carbonyl (C=O) groups is 1. The number of benzene rings is 2. The number of rotatable bonds is 9. The molecule has 0 radical (unpaired) electrons. The number of ether oxygens (including phenoxy) is 1. The summed E-state index contributed by atoms with van der Waals surface area (Å²) in [5, 5.41) is 7.23. The van der Waals surface area contributed by atoms with Crippen molar-refractivity contribution in [3.05, 3.63) is 77.1 Å². The normalized spacial score (nSPS) is 16.2. The van der Waals surface area contributed by atoms with Gasteiger partial charge in [-0.15, -0.1) is 0 Å². The number of amides is 2. The summed E-state index contributed by atoms with van der Waals surface area (Å²) >= 11 is 0. The molecule has 0 saturated heterocycles. The number of halogens is 1. The first kappa shape index (κ1) is 23.6. The maximum absolute atomic E-state index is 13.3. The summed E-state index contributed by atoms with van der Waals surface area (Å²) in [5.41, 5.74) is 4.27. The monoisotopic (exact) mass is 464 g/mol. The molecule has 0 spiro atoms. The van der Waals surface area contributed by atoms with Crippen molar-refractivity contribution in [1.29, 1.82) is 0 Å². The average Bonchev–Trinajstić information content (AvgIpc) is 3.33. The molecule has 2 heterocycles. The van der Waals surface area contributed by atoms with Gasteiger partial charge in [-0.05, 0) is 62.1 Å². The van der Waals surface area contributed by atoms with Gasteiger partial charge >= 0.3 is 6.03 Å². The number of nitrogens with one attached hydrogen (secondary N) is 1. The minimum atomic E-state index is -0.442. The highest BCUT2D eigenvalue weighted by Crippen LogP contribution is 2.37. The zero-order valence-corrected chi connectivity index (χ0v) is 19.7. The van der Waals surface area contributed by atoms with Crippen molar-refractivity contribution < 1.29 is 18.4 Å². The molecule has 1 atom stereocenters. The maximum Gasteiger partial charge on any atom is 0.322 e. The van der Waals surface area contributed by atoms with Crippen molar-refractivity contribution in [3.8, 4) is 11.4 Å². The van der Waals surface area contributed by atoms with E-state index in [4.69, 9.17) is 9.26 Å². The van der Waals surface area contributed by atoms with E-state index in [0.29, 0.717) is 43.5 Å². The predicted molar refractivity (Wildman–Crippen MR) is 127 cm³/mol. The van der Waals surface area contributed by atoms with Gasteiger partial charge in [0.15, 0.2) is 0 Å². The molecule has 1 aromatic heterocycles. The second-order valence-corrected chi connectivity index (χ2v) is 8.11. The zero-order chi connectivity index (χ0) is 24.1. The average molecular weight is 465 g/mol. The van der Waals surface area contributed by atoms with Crippen LogP contribution in [-0.2, 0) is 11.2 Å². The topological polar surface area (TPSA) is 80.5 Å². The van der Waals surface area contributed by atoms with Crippen molar-refractivity contribution >= 4 is 11.6 Å². The molecule has 2 aromatic carbocycles. The van der Waals surface area contributed by atoms with Gasteiger partial charge in [0.05, 0.1) is 11.6 Å². The second kappa shape index (κ2) is 10.6. The highest BCUT2D eigenvalue weighted by Gasteiger charge is 2.35. The van der Waals surface area contributed by atoms with Crippen LogP contribution in [-0.4, -0.2) is 40.8 Å². The van der Waals surface area contributed by atoms with Crippen LogP contribution in [0.5, 0.6) is 0 Å². The third-order valence-electron chi connectivity index (χ3n) is 5.95. The molecular formula is C26H29FN4O3. The summed E-state index contributed by atoms with van der Waals surface area (Å²) in [7, 11) is 0. The van der Waals surface area contributed by atoms with Gasteiger partial charge in [0.25, 0.3) is 5.89 Å². The van der Waals surface area contributed by atoms with Crippen molar-refractivity contribution in [1.82, 2.24) is 20.4 Å². The van der Waals surface area contributed by atoms with E-state index in [9.17, 15) is 9.18 Å². The summed E-state index contributed by atoms with van der Waals surface area (Å²) in [6.07, 6.45) is 1.63. The molecule has 0 aliphatic carbocycles. The van der Waals surface area contributed by atoms with E-state index in [-0.39, 0.29) is 11.8 Å². The van der Waals surface area contributed by atoms with E-state index in [2.05, 4.69) is 34.5 Å². The molecule has 1 aliphatic heterocycles. The smallest absolute Gasteiger partial charge is 0.322 e. The molecule has 1 N–H and O–H groups in total. The molecule has 0 fully saturated rings. The molecule has 3 aromatic rings. The van der Waals surface area contributed by atoms with E-state index in [1.54, 1.807) is 17.0 Å². The van der Waals surface area contributed by atoms with Crippen LogP contribution in [0.2, 0.25) is 0 Å². The number of nitrogens with zero attached hydrogens (tertiary/aromatic N) is 3. The second-order valence-electron chi connectivity index (χ2n) is 8.11. The van der Waals surface area contributed by atoms with Crippen LogP contribution in [0.4, 0.5) is 9.18 Å². The molecular weight excluding hydrogens is 435 g/mol. The third kappa shape index (κ3) is 5.02. The lowest BCUT2D eigenvalue weighted by Gasteiger charge is -2.35. The van der Waals surface area contributed by atoms with Gasteiger partial charge < -0.3 is 14.6 Å². The molecule has 178 valence electrons. The van der Waals surface area contributed by atoms with E-state index in [1.807, 2.05) is 26.0 Å². The van der Waals surface area contributed by atoms with Gasteiger partial charge in [0.2, 0.25) is 5.82 Å². The van der Waals surface area contributed by atoms with Gasteiger partial charge in [-0.25, -0.2) is 9.18 Å². The molecule has 2 amide bonds. The van der Waals surface area contributed by atoms with Crippen LogP contribution in [0.3, 0.4) is 0 Å². The first-order chi connectivity index (χ1) is 16.5. The fraction of sp³-hybridized carbons (Fsp3) is 0.346. The molecule has 1 aliphatic rings. The fourth-order valence-electron chi connectivity index (χ4n) is 4.04. The van der Waals surface area contributed by atoms with Gasteiger partial charge in [0, 0.05) is 31.0 Å². The number of allylic oxidation sites excluding steroid dienone is 1. The third-order valence-corrected chi connectivity index (χ3v) is 5.95.